The molecule has 0 aliphatic rings. The summed E-state index contributed by atoms with van der Waals surface area (Å²) in [5.41, 5.74) is 0.880. The van der Waals surface area contributed by atoms with Crippen molar-refractivity contribution < 1.29 is 14.4 Å². The summed E-state index contributed by atoms with van der Waals surface area (Å²) in [6.07, 6.45) is 0. The maximum absolute atomic E-state index is 10.4. The number of carbonyl (C=O) groups is 1. The van der Waals surface area contributed by atoms with Crippen molar-refractivity contribution in [3.63, 3.8) is 0 Å². The van der Waals surface area contributed by atoms with Crippen LogP contribution in [0.25, 0.3) is 0 Å². The van der Waals surface area contributed by atoms with E-state index in [2.05, 4.69) is 17.1 Å². The summed E-state index contributed by atoms with van der Waals surface area (Å²) in [7, 11) is 0. The molecule has 0 fully saturated rings. The van der Waals surface area contributed by atoms with Crippen molar-refractivity contribution in [1.82, 2.24) is 10.5 Å². The number of nitrogens with one attached hydrogen (secondary N) is 1. The smallest absolute Gasteiger partial charge is 0.332 e. The lowest BCUT2D eigenvalue weighted by atomic mass is 10.3. The first-order valence-electron chi connectivity index (χ1n) is 4.13. The number of aromatic nitrogens is 1. The van der Waals surface area contributed by atoms with E-state index in [-0.39, 0.29) is 12.1 Å². The van der Waals surface area contributed by atoms with E-state index in [1.807, 2.05) is 0 Å². The Kier molecular flexibility index (Phi) is 3.41. The van der Waals surface area contributed by atoms with Crippen LogP contribution in [0.4, 0.5) is 0 Å². The number of carboxylic acids is 1. The minimum absolute atomic E-state index is 0.130. The number of nitrogens with zero attached hydrogens (tertiary/aromatic N) is 1. The zero-order valence-corrected chi connectivity index (χ0v) is 7.91. The van der Waals surface area contributed by atoms with E-state index in [4.69, 9.17) is 9.63 Å². The van der Waals surface area contributed by atoms with Gasteiger partial charge in [-0.15, -0.1) is 0 Å². The van der Waals surface area contributed by atoms with Gasteiger partial charge < -0.3 is 14.9 Å². The van der Waals surface area contributed by atoms with Crippen LogP contribution >= 0.6 is 0 Å². The molecule has 2 N–H and O–H groups in total. The highest BCUT2D eigenvalue weighted by Gasteiger charge is 2.04. The maximum atomic E-state index is 10.4. The molecule has 0 amide bonds. The third-order valence-corrected chi connectivity index (χ3v) is 1.62. The third kappa shape index (κ3) is 3.02. The summed E-state index contributed by atoms with van der Waals surface area (Å²) in [6.45, 7) is 5.90. The molecule has 0 bridgehead atoms. The minimum Gasteiger partial charge on any atom is -0.478 e. The van der Waals surface area contributed by atoms with E-state index in [9.17, 15) is 4.79 Å². The number of rotatable bonds is 5. The first-order chi connectivity index (χ1) is 6.59. The largest absolute Gasteiger partial charge is 0.478 e. The van der Waals surface area contributed by atoms with Crippen LogP contribution in [0, 0.1) is 6.92 Å². The Balaban J connectivity index is 2.29. The molecular weight excluding hydrogens is 184 g/mol. The summed E-state index contributed by atoms with van der Waals surface area (Å²) in [5.74, 6) is -0.257. The Labute approximate surface area is 81.4 Å². The van der Waals surface area contributed by atoms with Crippen LogP contribution in [0.15, 0.2) is 22.7 Å². The standard InChI is InChI=1S/C9H12N2O3/c1-6(9(12)13)4-10-5-8-3-7(2)14-11-8/h3,10H,1,4-5H2,2H3,(H,12,13). The van der Waals surface area contributed by atoms with Crippen LogP contribution in [0.5, 0.6) is 0 Å². The lowest BCUT2D eigenvalue weighted by Crippen LogP contribution is -2.20. The van der Waals surface area contributed by atoms with Gasteiger partial charge in [-0.2, -0.15) is 0 Å². The molecule has 1 rings (SSSR count). The third-order valence-electron chi connectivity index (χ3n) is 1.62. The number of hydrogen-bond acceptors (Lipinski definition) is 4. The molecule has 0 atom stereocenters. The van der Waals surface area contributed by atoms with Crippen LogP contribution in [-0.4, -0.2) is 22.8 Å². The quantitative estimate of drug-likeness (QED) is 0.678. The van der Waals surface area contributed by atoms with Crippen LogP contribution in [0.3, 0.4) is 0 Å². The predicted octanol–water partition coefficient (Wildman–Crippen LogP) is 0.713. The second kappa shape index (κ2) is 4.57. The molecule has 1 heterocycles. The van der Waals surface area contributed by atoms with Gasteiger partial charge in [0.05, 0.1) is 5.69 Å². The van der Waals surface area contributed by atoms with Crippen molar-refractivity contribution in [2.24, 2.45) is 0 Å². The lowest BCUT2D eigenvalue weighted by Gasteiger charge is -2.00. The average Bonchev–Trinajstić information content (AvgIpc) is 2.51. The van der Waals surface area contributed by atoms with E-state index in [0.29, 0.717) is 6.54 Å². The van der Waals surface area contributed by atoms with Gasteiger partial charge in [-0.1, -0.05) is 11.7 Å². The van der Waals surface area contributed by atoms with E-state index < -0.39 is 5.97 Å². The van der Waals surface area contributed by atoms with Gasteiger partial charge in [0.1, 0.15) is 5.76 Å². The highest BCUT2D eigenvalue weighted by Crippen LogP contribution is 2.00. The van der Waals surface area contributed by atoms with E-state index in [0.717, 1.165) is 11.5 Å². The van der Waals surface area contributed by atoms with Crippen molar-refractivity contribution in [2.45, 2.75) is 13.5 Å². The number of aliphatic carboxylic acids is 1. The number of carboxylic acid groups (broad SMARTS) is 1. The zero-order valence-electron chi connectivity index (χ0n) is 7.91. The average molecular weight is 196 g/mol. The van der Waals surface area contributed by atoms with Crippen molar-refractivity contribution in [1.29, 1.82) is 0 Å². The first kappa shape index (κ1) is 10.5. The number of hydrogen-bond donors (Lipinski definition) is 2. The SMILES string of the molecule is C=C(CNCc1cc(C)on1)C(=O)O. The normalized spacial score (nSPS) is 10.1. The molecule has 76 valence electrons. The van der Waals surface area contributed by atoms with Gasteiger partial charge >= 0.3 is 5.97 Å². The van der Waals surface area contributed by atoms with Crippen LogP contribution in [0.2, 0.25) is 0 Å². The molecule has 1 aromatic heterocycles. The second-order valence-corrected chi connectivity index (χ2v) is 2.94. The molecule has 0 saturated carbocycles. The van der Waals surface area contributed by atoms with E-state index in [1.165, 1.54) is 0 Å². The van der Waals surface area contributed by atoms with Crippen LogP contribution < -0.4 is 5.32 Å². The van der Waals surface area contributed by atoms with Crippen molar-refractivity contribution >= 4 is 5.97 Å². The molecule has 14 heavy (non-hydrogen) atoms. The van der Waals surface area contributed by atoms with Crippen molar-refractivity contribution in [3.8, 4) is 0 Å². The van der Waals surface area contributed by atoms with Crippen molar-refractivity contribution in [3.05, 3.63) is 29.7 Å². The van der Waals surface area contributed by atoms with Gasteiger partial charge in [-0.3, -0.25) is 0 Å². The Morgan fingerprint density at radius 2 is 2.50 bits per heavy atom. The summed E-state index contributed by atoms with van der Waals surface area (Å²) in [4.78, 5) is 10.4. The fraction of sp³-hybridized carbons (Fsp3) is 0.333. The minimum atomic E-state index is -0.992. The van der Waals surface area contributed by atoms with Gasteiger partial charge in [-0.05, 0) is 6.92 Å². The van der Waals surface area contributed by atoms with Crippen LogP contribution in [-0.2, 0) is 11.3 Å². The summed E-state index contributed by atoms with van der Waals surface area (Å²) in [6, 6.07) is 1.79. The first-order valence-corrected chi connectivity index (χ1v) is 4.13. The molecule has 0 spiro atoms. The molecule has 5 nitrogen and oxygen atoms in total. The van der Waals surface area contributed by atoms with Crippen LogP contribution in [0.1, 0.15) is 11.5 Å². The summed E-state index contributed by atoms with van der Waals surface area (Å²) >= 11 is 0. The topological polar surface area (TPSA) is 75.4 Å². The van der Waals surface area contributed by atoms with E-state index in [1.54, 1.807) is 13.0 Å². The Morgan fingerprint density at radius 1 is 1.79 bits per heavy atom. The molecule has 0 radical (unpaired) electrons. The van der Waals surface area contributed by atoms with Gasteiger partial charge in [-0.25, -0.2) is 4.79 Å². The van der Waals surface area contributed by atoms with Gasteiger partial charge in [0.2, 0.25) is 0 Å². The second-order valence-electron chi connectivity index (χ2n) is 2.94. The predicted molar refractivity (Wildman–Crippen MR) is 49.7 cm³/mol. The molecule has 5 heteroatoms. The van der Waals surface area contributed by atoms with Gasteiger partial charge in [0, 0.05) is 24.7 Å². The maximum Gasteiger partial charge on any atom is 0.332 e. The molecule has 0 aliphatic heterocycles. The highest BCUT2D eigenvalue weighted by molar-refractivity contribution is 5.86. The molecule has 1 aromatic rings. The van der Waals surface area contributed by atoms with Gasteiger partial charge in [0.15, 0.2) is 0 Å². The number of aryl methyl sites for hydroxylation is 1. The molecule has 0 unspecified atom stereocenters. The van der Waals surface area contributed by atoms with Crippen molar-refractivity contribution in [2.75, 3.05) is 6.54 Å². The fourth-order valence-corrected chi connectivity index (χ4v) is 0.918. The van der Waals surface area contributed by atoms with Gasteiger partial charge in [0.25, 0.3) is 0 Å². The lowest BCUT2D eigenvalue weighted by molar-refractivity contribution is -0.132. The summed E-state index contributed by atoms with van der Waals surface area (Å²) in [5, 5.41) is 15.1. The Bertz CT molecular complexity index is 344. The molecule has 0 saturated heterocycles. The zero-order chi connectivity index (χ0) is 10.6. The highest BCUT2D eigenvalue weighted by atomic mass is 16.5. The monoisotopic (exact) mass is 196 g/mol. The fourth-order valence-electron chi connectivity index (χ4n) is 0.918. The Hall–Kier alpha value is -1.62. The Morgan fingerprint density at radius 3 is 3.00 bits per heavy atom. The molecule has 0 aliphatic carbocycles. The van der Waals surface area contributed by atoms with E-state index >= 15 is 0 Å². The molecular formula is C9H12N2O3. The molecule has 0 aromatic carbocycles. The summed E-state index contributed by atoms with van der Waals surface area (Å²) < 4.78 is 4.84.